The van der Waals surface area contributed by atoms with Gasteiger partial charge >= 0.3 is 0 Å². The van der Waals surface area contributed by atoms with Gasteiger partial charge in [0.25, 0.3) is 0 Å². The largest absolute Gasteiger partial charge is 0.461 e. The maximum absolute atomic E-state index is 12.0. The van der Waals surface area contributed by atoms with E-state index < -0.39 is 0 Å². The molecule has 1 aliphatic heterocycles. The summed E-state index contributed by atoms with van der Waals surface area (Å²) in [6.45, 7) is 1.23. The predicted molar refractivity (Wildman–Crippen MR) is 95.6 cm³/mol. The van der Waals surface area contributed by atoms with Gasteiger partial charge in [0.15, 0.2) is 0 Å². The third-order valence-corrected chi connectivity index (χ3v) is 4.19. The average molecular weight is 358 g/mol. The van der Waals surface area contributed by atoms with Gasteiger partial charge in [-0.3, -0.25) is 9.59 Å². The van der Waals surface area contributed by atoms with E-state index in [-0.39, 0.29) is 25.0 Å². The van der Waals surface area contributed by atoms with Gasteiger partial charge in [-0.1, -0.05) is 12.1 Å². The molecule has 0 saturated heterocycles. The van der Waals surface area contributed by atoms with Crippen LogP contribution in [-0.2, 0) is 32.0 Å². The number of rotatable bonds is 6. The van der Waals surface area contributed by atoms with Gasteiger partial charge in [-0.15, -0.1) is 0 Å². The lowest BCUT2D eigenvalue weighted by atomic mass is 10.1. The minimum absolute atomic E-state index is 0.00458. The van der Waals surface area contributed by atoms with Crippen LogP contribution in [0.2, 0.25) is 0 Å². The summed E-state index contributed by atoms with van der Waals surface area (Å²) in [5.41, 5.74) is 2.55. The summed E-state index contributed by atoms with van der Waals surface area (Å²) in [6, 6.07) is 9.40. The van der Waals surface area contributed by atoms with Crippen molar-refractivity contribution in [2.24, 2.45) is 0 Å². The first-order valence-electron chi connectivity index (χ1n) is 8.38. The zero-order chi connectivity index (χ0) is 18.5. The zero-order valence-corrected chi connectivity index (χ0v) is 14.9. The molecule has 7 heteroatoms. The molecule has 26 heavy (non-hydrogen) atoms. The van der Waals surface area contributed by atoms with E-state index in [9.17, 15) is 9.59 Å². The highest BCUT2D eigenvalue weighted by molar-refractivity contribution is 5.92. The van der Waals surface area contributed by atoms with Crippen LogP contribution >= 0.6 is 0 Å². The van der Waals surface area contributed by atoms with Crippen LogP contribution in [0.3, 0.4) is 0 Å². The standard InChI is InChI=1S/C19H22N2O5/c1-24-11-18(22)20-15-5-3-4-13(8-15)17-9-14-10-21(19(23)12-25-2)7-6-16(14)26-17/h3-5,8-9H,6-7,10-12H2,1-2H3,(H,20,22). The number of benzene rings is 1. The van der Waals surface area contributed by atoms with E-state index in [4.69, 9.17) is 13.9 Å². The first-order chi connectivity index (χ1) is 12.6. The molecule has 0 spiro atoms. The molecule has 0 atom stereocenters. The summed E-state index contributed by atoms with van der Waals surface area (Å²) >= 11 is 0. The number of hydrogen-bond donors (Lipinski definition) is 1. The Kier molecular flexibility index (Phi) is 5.70. The zero-order valence-electron chi connectivity index (χ0n) is 14.9. The van der Waals surface area contributed by atoms with Crippen LogP contribution in [0.4, 0.5) is 5.69 Å². The monoisotopic (exact) mass is 358 g/mol. The minimum Gasteiger partial charge on any atom is -0.461 e. The molecule has 1 aliphatic rings. The van der Waals surface area contributed by atoms with Gasteiger partial charge in [0.05, 0.1) is 0 Å². The smallest absolute Gasteiger partial charge is 0.250 e. The maximum Gasteiger partial charge on any atom is 0.250 e. The third-order valence-electron chi connectivity index (χ3n) is 4.19. The number of amides is 2. The molecule has 1 aromatic heterocycles. The highest BCUT2D eigenvalue weighted by Gasteiger charge is 2.24. The lowest BCUT2D eigenvalue weighted by Gasteiger charge is -2.25. The molecule has 0 aliphatic carbocycles. The van der Waals surface area contributed by atoms with Crippen molar-refractivity contribution in [2.45, 2.75) is 13.0 Å². The molecule has 7 nitrogen and oxygen atoms in total. The number of carbonyl (C=O) groups excluding carboxylic acids is 2. The number of ether oxygens (including phenoxy) is 2. The van der Waals surface area contributed by atoms with Crippen LogP contribution in [0.1, 0.15) is 11.3 Å². The molecule has 1 N–H and O–H groups in total. The fourth-order valence-corrected chi connectivity index (χ4v) is 2.98. The van der Waals surface area contributed by atoms with E-state index >= 15 is 0 Å². The second-order valence-electron chi connectivity index (χ2n) is 6.12. The highest BCUT2D eigenvalue weighted by Crippen LogP contribution is 2.30. The molecule has 0 saturated carbocycles. The fraction of sp³-hybridized carbons (Fsp3) is 0.368. The quantitative estimate of drug-likeness (QED) is 0.855. The van der Waals surface area contributed by atoms with Gasteiger partial charge < -0.3 is 24.1 Å². The normalized spacial score (nSPS) is 13.4. The van der Waals surface area contributed by atoms with E-state index in [0.717, 1.165) is 22.6 Å². The lowest BCUT2D eigenvalue weighted by molar-refractivity contribution is -0.136. The number of nitrogens with zero attached hydrogens (tertiary/aromatic N) is 1. The topological polar surface area (TPSA) is 81.0 Å². The number of fused-ring (bicyclic) bond motifs is 1. The number of anilines is 1. The summed E-state index contributed by atoms with van der Waals surface area (Å²) in [7, 11) is 2.99. The summed E-state index contributed by atoms with van der Waals surface area (Å²) in [6.07, 6.45) is 0.676. The van der Waals surface area contributed by atoms with E-state index in [1.807, 2.05) is 30.3 Å². The second-order valence-corrected chi connectivity index (χ2v) is 6.12. The van der Waals surface area contributed by atoms with E-state index in [0.29, 0.717) is 25.2 Å². The molecule has 2 heterocycles. The van der Waals surface area contributed by atoms with Crippen LogP contribution < -0.4 is 5.32 Å². The van der Waals surface area contributed by atoms with Crippen molar-refractivity contribution in [1.82, 2.24) is 4.90 Å². The van der Waals surface area contributed by atoms with Crippen molar-refractivity contribution in [3.63, 3.8) is 0 Å². The van der Waals surface area contributed by atoms with E-state index in [1.165, 1.54) is 14.2 Å². The number of carbonyl (C=O) groups is 2. The van der Waals surface area contributed by atoms with Crippen molar-refractivity contribution in [2.75, 3.05) is 39.3 Å². The van der Waals surface area contributed by atoms with Gasteiger partial charge in [-0.2, -0.15) is 0 Å². The molecule has 0 radical (unpaired) electrons. The molecule has 3 rings (SSSR count). The van der Waals surface area contributed by atoms with Gasteiger partial charge in [0.1, 0.15) is 24.7 Å². The van der Waals surface area contributed by atoms with Gasteiger partial charge in [0.2, 0.25) is 11.8 Å². The molecular formula is C19H22N2O5. The van der Waals surface area contributed by atoms with Crippen LogP contribution in [0.5, 0.6) is 0 Å². The number of nitrogens with one attached hydrogen (secondary N) is 1. The second kappa shape index (κ2) is 8.16. The third kappa shape index (κ3) is 4.12. The number of hydrogen-bond acceptors (Lipinski definition) is 5. The molecule has 0 unspecified atom stereocenters. The van der Waals surface area contributed by atoms with Crippen LogP contribution in [0, 0.1) is 0 Å². The molecule has 2 aromatic rings. The Morgan fingerprint density at radius 1 is 1.19 bits per heavy atom. The number of methoxy groups -OCH3 is 2. The van der Waals surface area contributed by atoms with Gasteiger partial charge in [-0.05, 0) is 18.2 Å². The Morgan fingerprint density at radius 3 is 2.77 bits per heavy atom. The van der Waals surface area contributed by atoms with Crippen molar-refractivity contribution in [3.8, 4) is 11.3 Å². The Bertz CT molecular complexity index is 799. The Balaban J connectivity index is 1.76. The summed E-state index contributed by atoms with van der Waals surface area (Å²) < 4.78 is 15.7. The summed E-state index contributed by atoms with van der Waals surface area (Å²) in [5, 5.41) is 2.78. The Labute approximate surface area is 151 Å². The van der Waals surface area contributed by atoms with Crippen LogP contribution in [-0.4, -0.2) is 50.7 Å². The van der Waals surface area contributed by atoms with Crippen molar-refractivity contribution < 1.29 is 23.5 Å². The lowest BCUT2D eigenvalue weighted by Crippen LogP contribution is -2.37. The summed E-state index contributed by atoms with van der Waals surface area (Å²) in [4.78, 5) is 25.4. The van der Waals surface area contributed by atoms with E-state index in [2.05, 4.69) is 5.32 Å². The minimum atomic E-state index is -0.212. The molecule has 138 valence electrons. The van der Waals surface area contributed by atoms with Gasteiger partial charge in [-0.25, -0.2) is 0 Å². The highest BCUT2D eigenvalue weighted by atomic mass is 16.5. The number of furan rings is 1. The van der Waals surface area contributed by atoms with Crippen LogP contribution in [0.15, 0.2) is 34.7 Å². The first-order valence-corrected chi connectivity index (χ1v) is 8.38. The molecule has 0 fully saturated rings. The SMILES string of the molecule is COCC(=O)Nc1cccc(-c2cc3c(o2)CCN(C(=O)COC)C3)c1. The maximum atomic E-state index is 12.0. The fourth-order valence-electron chi connectivity index (χ4n) is 2.98. The predicted octanol–water partition coefficient (Wildman–Crippen LogP) is 2.06. The average Bonchev–Trinajstić information content (AvgIpc) is 3.05. The molecule has 0 bridgehead atoms. The van der Waals surface area contributed by atoms with Crippen molar-refractivity contribution in [3.05, 3.63) is 41.7 Å². The Hall–Kier alpha value is -2.64. The van der Waals surface area contributed by atoms with Crippen molar-refractivity contribution in [1.29, 1.82) is 0 Å². The molecule has 1 aromatic carbocycles. The van der Waals surface area contributed by atoms with Crippen LogP contribution in [0.25, 0.3) is 11.3 Å². The molecule has 2 amide bonds. The Morgan fingerprint density at radius 2 is 2.00 bits per heavy atom. The summed E-state index contributed by atoms with van der Waals surface area (Å²) in [5.74, 6) is 1.38. The van der Waals surface area contributed by atoms with E-state index in [1.54, 1.807) is 4.90 Å². The molecular weight excluding hydrogens is 336 g/mol. The van der Waals surface area contributed by atoms with Crippen molar-refractivity contribution >= 4 is 17.5 Å². The van der Waals surface area contributed by atoms with Gasteiger partial charge in [0, 0.05) is 50.5 Å². The first kappa shape index (κ1) is 18.2.